The van der Waals surface area contributed by atoms with Gasteiger partial charge in [0, 0.05) is 5.88 Å². The lowest BCUT2D eigenvalue weighted by atomic mass is 10.00. The summed E-state index contributed by atoms with van der Waals surface area (Å²) in [5.74, 6) is 0.479. The molecule has 0 saturated heterocycles. The zero-order valence-electron chi connectivity index (χ0n) is 7.19. The van der Waals surface area contributed by atoms with Gasteiger partial charge in [0.1, 0.15) is 0 Å². The quantitative estimate of drug-likeness (QED) is 0.609. The van der Waals surface area contributed by atoms with Crippen molar-refractivity contribution in [1.29, 1.82) is 5.26 Å². The maximum absolute atomic E-state index is 8.74. The van der Waals surface area contributed by atoms with Gasteiger partial charge in [-0.15, -0.1) is 11.6 Å². The third-order valence-electron chi connectivity index (χ3n) is 2.09. The predicted molar refractivity (Wildman–Crippen MR) is 50.2 cm³/mol. The molecule has 0 radical (unpaired) electrons. The zero-order valence-corrected chi connectivity index (χ0v) is 7.94. The highest BCUT2D eigenvalue weighted by Crippen LogP contribution is 2.19. The molecule has 0 aliphatic carbocycles. The molecule has 0 atom stereocenters. The smallest absolute Gasteiger partial charge is 0.0994 e. The Labute approximate surface area is 77.6 Å². The van der Waals surface area contributed by atoms with Gasteiger partial charge in [-0.3, -0.25) is 0 Å². The van der Waals surface area contributed by atoms with Crippen molar-refractivity contribution in [3.8, 4) is 6.07 Å². The Morgan fingerprint density at radius 2 is 2.08 bits per heavy atom. The van der Waals surface area contributed by atoms with E-state index in [-0.39, 0.29) is 0 Å². The van der Waals surface area contributed by atoms with Crippen LogP contribution in [0.1, 0.15) is 22.3 Å². The van der Waals surface area contributed by atoms with Crippen LogP contribution in [0.15, 0.2) is 12.1 Å². The van der Waals surface area contributed by atoms with E-state index in [1.54, 1.807) is 0 Å². The summed E-state index contributed by atoms with van der Waals surface area (Å²) in [5.41, 5.74) is 3.96. The highest BCUT2D eigenvalue weighted by Gasteiger charge is 2.04. The summed E-state index contributed by atoms with van der Waals surface area (Å²) in [6, 6.07) is 5.91. The van der Waals surface area contributed by atoms with Crippen molar-refractivity contribution in [3.05, 3.63) is 34.4 Å². The normalized spacial score (nSPS) is 9.50. The second-order valence-electron chi connectivity index (χ2n) is 2.78. The van der Waals surface area contributed by atoms with Gasteiger partial charge in [0.15, 0.2) is 0 Å². The van der Waals surface area contributed by atoms with E-state index in [4.69, 9.17) is 16.9 Å². The maximum atomic E-state index is 8.74. The van der Waals surface area contributed by atoms with E-state index in [2.05, 4.69) is 6.07 Å². The minimum Gasteiger partial charge on any atom is -0.192 e. The molecule has 1 rings (SSSR count). The largest absolute Gasteiger partial charge is 0.192 e. The van der Waals surface area contributed by atoms with Gasteiger partial charge in [0.05, 0.1) is 11.6 Å². The first-order valence-electron chi connectivity index (χ1n) is 3.76. The number of hydrogen-bond acceptors (Lipinski definition) is 1. The Kier molecular flexibility index (Phi) is 2.73. The number of benzene rings is 1. The molecule has 0 aliphatic rings. The van der Waals surface area contributed by atoms with E-state index >= 15 is 0 Å². The monoisotopic (exact) mass is 179 g/mol. The van der Waals surface area contributed by atoms with Crippen LogP contribution in [-0.4, -0.2) is 0 Å². The van der Waals surface area contributed by atoms with Crippen molar-refractivity contribution in [3.63, 3.8) is 0 Å². The standard InChI is InChI=1S/C10H10ClN/c1-7-3-4-9(6-12)8(2)10(7)5-11/h3-4H,5H2,1-2H3. The number of rotatable bonds is 1. The highest BCUT2D eigenvalue weighted by molar-refractivity contribution is 6.17. The number of halogens is 1. The van der Waals surface area contributed by atoms with Gasteiger partial charge in [0.25, 0.3) is 0 Å². The number of aryl methyl sites for hydroxylation is 1. The molecule has 0 N–H and O–H groups in total. The molecule has 0 heterocycles. The van der Waals surface area contributed by atoms with E-state index < -0.39 is 0 Å². The first-order valence-corrected chi connectivity index (χ1v) is 4.29. The summed E-state index contributed by atoms with van der Waals surface area (Å²) >= 11 is 5.76. The fraction of sp³-hybridized carbons (Fsp3) is 0.300. The molecule has 12 heavy (non-hydrogen) atoms. The van der Waals surface area contributed by atoms with E-state index in [0.717, 1.165) is 22.3 Å². The summed E-state index contributed by atoms with van der Waals surface area (Å²) in [7, 11) is 0. The van der Waals surface area contributed by atoms with Crippen molar-refractivity contribution in [1.82, 2.24) is 0 Å². The number of nitrogens with zero attached hydrogens (tertiary/aromatic N) is 1. The topological polar surface area (TPSA) is 23.8 Å². The molecule has 0 aliphatic heterocycles. The first-order chi connectivity index (χ1) is 5.70. The molecule has 0 aromatic heterocycles. The molecule has 1 nitrogen and oxygen atoms in total. The number of alkyl halides is 1. The molecule has 0 amide bonds. The van der Waals surface area contributed by atoms with Crippen LogP contribution >= 0.6 is 11.6 Å². The lowest BCUT2D eigenvalue weighted by Crippen LogP contribution is -1.93. The van der Waals surface area contributed by atoms with E-state index in [0.29, 0.717) is 5.88 Å². The van der Waals surface area contributed by atoms with Crippen molar-refractivity contribution in [2.24, 2.45) is 0 Å². The SMILES string of the molecule is Cc1ccc(C#N)c(C)c1CCl. The van der Waals surface area contributed by atoms with Crippen LogP contribution in [0.4, 0.5) is 0 Å². The second-order valence-corrected chi connectivity index (χ2v) is 3.05. The summed E-state index contributed by atoms with van der Waals surface area (Å²) in [4.78, 5) is 0. The zero-order chi connectivity index (χ0) is 9.14. The summed E-state index contributed by atoms with van der Waals surface area (Å²) in [5, 5.41) is 8.74. The molecule has 0 saturated carbocycles. The fourth-order valence-electron chi connectivity index (χ4n) is 1.22. The lowest BCUT2D eigenvalue weighted by molar-refractivity contribution is 1.22. The fourth-order valence-corrected chi connectivity index (χ4v) is 1.63. The lowest BCUT2D eigenvalue weighted by Gasteiger charge is -2.06. The Balaban J connectivity index is 3.36. The van der Waals surface area contributed by atoms with E-state index in [1.165, 1.54) is 0 Å². The van der Waals surface area contributed by atoms with Crippen LogP contribution in [0.2, 0.25) is 0 Å². The van der Waals surface area contributed by atoms with Crippen LogP contribution in [-0.2, 0) is 5.88 Å². The molecule has 62 valence electrons. The van der Waals surface area contributed by atoms with Crippen molar-refractivity contribution >= 4 is 11.6 Å². The van der Waals surface area contributed by atoms with Crippen LogP contribution < -0.4 is 0 Å². The van der Waals surface area contributed by atoms with Gasteiger partial charge in [-0.2, -0.15) is 5.26 Å². The van der Waals surface area contributed by atoms with Gasteiger partial charge in [-0.1, -0.05) is 6.07 Å². The van der Waals surface area contributed by atoms with Crippen LogP contribution in [0.5, 0.6) is 0 Å². The van der Waals surface area contributed by atoms with E-state index in [1.807, 2.05) is 26.0 Å². The molecule has 1 aromatic carbocycles. The van der Waals surface area contributed by atoms with Crippen LogP contribution in [0, 0.1) is 25.2 Å². The average molecular weight is 180 g/mol. The molecule has 0 fully saturated rings. The van der Waals surface area contributed by atoms with Crippen molar-refractivity contribution in [2.75, 3.05) is 0 Å². The third-order valence-corrected chi connectivity index (χ3v) is 2.35. The number of hydrogen-bond donors (Lipinski definition) is 0. The van der Waals surface area contributed by atoms with Crippen molar-refractivity contribution < 1.29 is 0 Å². The third kappa shape index (κ3) is 1.44. The molecule has 0 unspecified atom stereocenters. The molecule has 2 heteroatoms. The Bertz CT molecular complexity index is 336. The molecular formula is C10H10ClN. The van der Waals surface area contributed by atoms with E-state index in [9.17, 15) is 0 Å². The Morgan fingerprint density at radius 3 is 2.58 bits per heavy atom. The molecule has 1 aromatic rings. The summed E-state index contributed by atoms with van der Waals surface area (Å²) < 4.78 is 0. The van der Waals surface area contributed by atoms with Gasteiger partial charge < -0.3 is 0 Å². The van der Waals surface area contributed by atoms with Crippen LogP contribution in [0.25, 0.3) is 0 Å². The Hall–Kier alpha value is -1.00. The van der Waals surface area contributed by atoms with Crippen molar-refractivity contribution in [2.45, 2.75) is 19.7 Å². The minimum absolute atomic E-state index is 0.479. The molecule has 0 bridgehead atoms. The summed E-state index contributed by atoms with van der Waals surface area (Å²) in [6.45, 7) is 3.94. The summed E-state index contributed by atoms with van der Waals surface area (Å²) in [6.07, 6.45) is 0. The molecule has 0 spiro atoms. The van der Waals surface area contributed by atoms with Gasteiger partial charge in [-0.25, -0.2) is 0 Å². The predicted octanol–water partition coefficient (Wildman–Crippen LogP) is 2.91. The Morgan fingerprint density at radius 1 is 1.42 bits per heavy atom. The average Bonchev–Trinajstić information content (AvgIpc) is 2.06. The number of nitriles is 1. The first kappa shape index (κ1) is 9.09. The highest BCUT2D eigenvalue weighted by atomic mass is 35.5. The minimum atomic E-state index is 0.479. The molecular weight excluding hydrogens is 170 g/mol. The van der Waals surface area contributed by atoms with Gasteiger partial charge >= 0.3 is 0 Å². The van der Waals surface area contributed by atoms with Crippen LogP contribution in [0.3, 0.4) is 0 Å². The van der Waals surface area contributed by atoms with Gasteiger partial charge in [0.2, 0.25) is 0 Å². The maximum Gasteiger partial charge on any atom is 0.0994 e. The van der Waals surface area contributed by atoms with Gasteiger partial charge in [-0.05, 0) is 36.6 Å². The second kappa shape index (κ2) is 3.60.